The van der Waals surface area contributed by atoms with Crippen LogP contribution in [-0.4, -0.2) is 23.2 Å². The van der Waals surface area contributed by atoms with Gasteiger partial charge in [-0.2, -0.15) is 11.2 Å². The molecule has 0 spiro atoms. The lowest BCUT2D eigenvalue weighted by Gasteiger charge is -2.02. The summed E-state index contributed by atoms with van der Waals surface area (Å²) in [4.78, 5) is 0. The van der Waals surface area contributed by atoms with Crippen molar-refractivity contribution in [1.29, 1.82) is 0 Å². The molecule has 0 amide bonds. The van der Waals surface area contributed by atoms with Gasteiger partial charge in [-0.05, 0) is 11.7 Å². The van der Waals surface area contributed by atoms with Crippen LogP contribution in [-0.2, 0) is 0 Å². The van der Waals surface area contributed by atoms with Crippen molar-refractivity contribution in [1.82, 2.24) is 0 Å². The molecule has 0 aromatic heterocycles. The van der Waals surface area contributed by atoms with E-state index in [-0.39, 0.29) is 0 Å². The highest BCUT2D eigenvalue weighted by Gasteiger charge is 1.92. The van der Waals surface area contributed by atoms with E-state index in [2.05, 4.69) is 25.1 Å². The maximum Gasteiger partial charge on any atom is 0.0680 e. The quantitative estimate of drug-likeness (QED) is 0.506. The molecule has 0 aliphatic rings. The SMILES string of the molecule is CCC(C)S[SiH2][SiH3]. The molecular formula is C4H14SSi2. The first-order chi connectivity index (χ1) is 3.31. The fourth-order valence-corrected chi connectivity index (χ4v) is 8.74. The monoisotopic (exact) mass is 150 g/mol. The first-order valence-corrected chi connectivity index (χ1v) is 11.4. The smallest absolute Gasteiger partial charge is 0.0680 e. The van der Waals surface area contributed by atoms with Crippen molar-refractivity contribution in [2.45, 2.75) is 25.5 Å². The summed E-state index contributed by atoms with van der Waals surface area (Å²) in [5.41, 5.74) is 0. The van der Waals surface area contributed by atoms with Crippen molar-refractivity contribution in [3.8, 4) is 0 Å². The van der Waals surface area contributed by atoms with Gasteiger partial charge >= 0.3 is 0 Å². The largest absolute Gasteiger partial charge is 0.195 e. The van der Waals surface area contributed by atoms with Gasteiger partial charge in [-0.3, -0.25) is 0 Å². The third-order valence-electron chi connectivity index (χ3n) is 1.03. The first-order valence-electron chi connectivity index (χ1n) is 2.92. The molecule has 0 bridgehead atoms. The minimum absolute atomic E-state index is 0.411. The molecule has 0 rings (SSSR count). The summed E-state index contributed by atoms with van der Waals surface area (Å²) < 4.78 is 0. The summed E-state index contributed by atoms with van der Waals surface area (Å²) in [5.74, 6) is 0. The molecule has 0 saturated heterocycles. The van der Waals surface area contributed by atoms with Gasteiger partial charge in [-0.15, -0.1) is 0 Å². The van der Waals surface area contributed by atoms with E-state index in [1.165, 1.54) is 16.2 Å². The van der Waals surface area contributed by atoms with E-state index in [0.29, 0.717) is 8.19 Å². The summed E-state index contributed by atoms with van der Waals surface area (Å²) in [6.45, 7) is 4.60. The van der Waals surface area contributed by atoms with Crippen LogP contribution >= 0.6 is 11.2 Å². The van der Waals surface area contributed by atoms with Crippen LogP contribution in [0.5, 0.6) is 0 Å². The van der Waals surface area contributed by atoms with E-state index in [0.717, 1.165) is 5.25 Å². The fraction of sp³-hybridized carbons (Fsp3) is 1.00. The Hall–Kier alpha value is 0.784. The molecule has 0 aliphatic heterocycles. The van der Waals surface area contributed by atoms with Crippen LogP contribution in [0, 0.1) is 0 Å². The van der Waals surface area contributed by atoms with Gasteiger partial charge in [0.25, 0.3) is 0 Å². The van der Waals surface area contributed by atoms with Gasteiger partial charge in [-0.1, -0.05) is 13.8 Å². The van der Waals surface area contributed by atoms with Gasteiger partial charge < -0.3 is 0 Å². The second-order valence-corrected chi connectivity index (χ2v) is 11.3. The van der Waals surface area contributed by atoms with Crippen LogP contribution < -0.4 is 0 Å². The van der Waals surface area contributed by atoms with E-state index in [1.807, 2.05) is 0 Å². The molecular weight excluding hydrogens is 136 g/mol. The normalized spacial score (nSPS) is 16.3. The van der Waals surface area contributed by atoms with Crippen LogP contribution in [0.3, 0.4) is 0 Å². The van der Waals surface area contributed by atoms with Gasteiger partial charge in [0.1, 0.15) is 0 Å². The minimum atomic E-state index is 0.411. The second-order valence-electron chi connectivity index (χ2n) is 1.67. The highest BCUT2D eigenvalue weighted by Crippen LogP contribution is 2.08. The summed E-state index contributed by atoms with van der Waals surface area (Å²) in [5, 5.41) is 0.962. The van der Waals surface area contributed by atoms with Crippen LogP contribution in [0.25, 0.3) is 0 Å². The Morgan fingerprint density at radius 1 is 1.86 bits per heavy atom. The molecule has 44 valence electrons. The van der Waals surface area contributed by atoms with Crippen LogP contribution in [0.4, 0.5) is 0 Å². The van der Waals surface area contributed by atoms with Crippen LogP contribution in [0.15, 0.2) is 0 Å². The van der Waals surface area contributed by atoms with Crippen molar-refractivity contribution in [2.24, 2.45) is 0 Å². The molecule has 0 aromatic carbocycles. The Balaban J connectivity index is 2.83. The Morgan fingerprint density at radius 2 is 2.43 bits per heavy atom. The van der Waals surface area contributed by atoms with Gasteiger partial charge in [0.15, 0.2) is 0 Å². The van der Waals surface area contributed by atoms with Crippen LogP contribution in [0.2, 0.25) is 0 Å². The maximum absolute atomic E-state index is 2.33. The number of rotatable bonds is 3. The fourth-order valence-electron chi connectivity index (χ4n) is 0.402. The van der Waals surface area contributed by atoms with Crippen LogP contribution in [0.1, 0.15) is 20.3 Å². The lowest BCUT2D eigenvalue weighted by atomic mass is 10.4. The van der Waals surface area contributed by atoms with Crippen molar-refractivity contribution in [3.63, 3.8) is 0 Å². The van der Waals surface area contributed by atoms with Gasteiger partial charge in [0.2, 0.25) is 0 Å². The minimum Gasteiger partial charge on any atom is -0.195 e. The van der Waals surface area contributed by atoms with E-state index < -0.39 is 0 Å². The molecule has 1 unspecified atom stereocenters. The summed E-state index contributed by atoms with van der Waals surface area (Å²) in [7, 11) is 1.90. The van der Waals surface area contributed by atoms with Gasteiger partial charge in [0.05, 0.1) is 8.19 Å². The zero-order valence-electron chi connectivity index (χ0n) is 5.40. The molecule has 0 fully saturated rings. The molecule has 7 heavy (non-hydrogen) atoms. The molecule has 0 heterocycles. The summed E-state index contributed by atoms with van der Waals surface area (Å²) >= 11 is 2.23. The van der Waals surface area contributed by atoms with Gasteiger partial charge in [0, 0.05) is 9.76 Å². The molecule has 0 aliphatic carbocycles. The lowest BCUT2D eigenvalue weighted by molar-refractivity contribution is 0.912. The summed E-state index contributed by atoms with van der Waals surface area (Å²) in [6, 6.07) is 0. The zero-order valence-corrected chi connectivity index (χ0v) is 9.63. The van der Waals surface area contributed by atoms with E-state index in [4.69, 9.17) is 0 Å². The molecule has 0 saturated carbocycles. The molecule has 0 radical (unpaired) electrons. The van der Waals surface area contributed by atoms with Crippen molar-refractivity contribution in [3.05, 3.63) is 0 Å². The summed E-state index contributed by atoms with van der Waals surface area (Å²) in [6.07, 6.45) is 1.36. The highest BCUT2D eigenvalue weighted by molar-refractivity contribution is 8.26. The molecule has 1 atom stereocenters. The zero-order chi connectivity index (χ0) is 5.70. The Morgan fingerprint density at radius 3 is 2.57 bits per heavy atom. The molecule has 0 nitrogen and oxygen atoms in total. The highest BCUT2D eigenvalue weighted by atomic mass is 32.4. The van der Waals surface area contributed by atoms with Crippen molar-refractivity contribution >= 4 is 29.2 Å². The average Bonchev–Trinajstić information content (AvgIpc) is 1.68. The standard InChI is InChI=1S/C4H14SSi2/c1-3-4(2)5-7-6/h4H,3,7H2,1-2,6H3. The molecule has 0 N–H and O–H groups in total. The predicted octanol–water partition coefficient (Wildman–Crippen LogP) is -0.118. The number of hydrogen-bond acceptors (Lipinski definition) is 1. The molecule has 0 aromatic rings. The Labute approximate surface area is 55.1 Å². The van der Waals surface area contributed by atoms with E-state index in [9.17, 15) is 0 Å². The third kappa shape index (κ3) is 4.64. The molecule has 3 heteroatoms. The lowest BCUT2D eigenvalue weighted by Crippen LogP contribution is -1.95. The van der Waals surface area contributed by atoms with E-state index >= 15 is 0 Å². The topological polar surface area (TPSA) is 0 Å². The van der Waals surface area contributed by atoms with Gasteiger partial charge in [-0.25, -0.2) is 0 Å². The first kappa shape index (κ1) is 7.78. The predicted molar refractivity (Wildman–Crippen MR) is 45.8 cm³/mol. The van der Waals surface area contributed by atoms with Crippen molar-refractivity contribution < 1.29 is 0 Å². The third-order valence-corrected chi connectivity index (χ3v) is 7.97. The number of hydrogen-bond donors (Lipinski definition) is 0. The Bertz CT molecular complexity index is 40.7. The maximum atomic E-state index is 2.33. The average molecular weight is 150 g/mol. The van der Waals surface area contributed by atoms with E-state index in [1.54, 1.807) is 0 Å². The second kappa shape index (κ2) is 4.93. The Kier molecular flexibility index (Phi) is 5.48. The van der Waals surface area contributed by atoms with Crippen molar-refractivity contribution in [2.75, 3.05) is 0 Å².